The molecule has 0 aliphatic heterocycles. The molecule has 0 spiro atoms. The lowest BCUT2D eigenvalue weighted by atomic mass is 9.81. The summed E-state index contributed by atoms with van der Waals surface area (Å²) >= 11 is 0. The maximum Gasteiger partial charge on any atom is 0.337 e. The molecule has 1 aromatic heterocycles. The van der Waals surface area contributed by atoms with Gasteiger partial charge in [0.2, 0.25) is 5.52 Å². The lowest BCUT2D eigenvalue weighted by Crippen LogP contribution is -2.28. The molecule has 30 heavy (non-hydrogen) atoms. The van der Waals surface area contributed by atoms with Crippen molar-refractivity contribution >= 4 is 32.6 Å². The van der Waals surface area contributed by atoms with Crippen LogP contribution < -0.4 is 9.45 Å². The number of anilines is 1. The van der Waals surface area contributed by atoms with Crippen molar-refractivity contribution in [1.29, 1.82) is 0 Å². The van der Waals surface area contributed by atoms with Crippen LogP contribution in [0.25, 0.3) is 10.9 Å². The van der Waals surface area contributed by atoms with E-state index < -0.39 is 16.0 Å². The molecule has 0 unspecified atom stereocenters. The van der Waals surface area contributed by atoms with Crippen LogP contribution in [0.15, 0.2) is 59.6 Å². The summed E-state index contributed by atoms with van der Waals surface area (Å²) in [7, 11) is -2.73. The fourth-order valence-electron chi connectivity index (χ4n) is 3.68. The van der Waals surface area contributed by atoms with Gasteiger partial charge in [-0.3, -0.25) is 4.72 Å². The number of methoxy groups -OCH3 is 1. The summed E-state index contributed by atoms with van der Waals surface area (Å²) in [6, 6.07) is 12.7. The number of nitrogens with zero attached hydrogens (tertiary/aromatic N) is 1. The van der Waals surface area contributed by atoms with E-state index >= 15 is 0 Å². The number of esters is 1. The van der Waals surface area contributed by atoms with Gasteiger partial charge in [-0.15, -0.1) is 0 Å². The van der Waals surface area contributed by atoms with Crippen LogP contribution in [0.4, 0.5) is 5.69 Å². The Kier molecular flexibility index (Phi) is 5.34. The number of sulfonamides is 1. The molecule has 0 atom stereocenters. The highest BCUT2D eigenvalue weighted by atomic mass is 32.2. The second kappa shape index (κ2) is 7.95. The molecule has 1 fully saturated rings. The zero-order valence-corrected chi connectivity index (χ0v) is 17.3. The van der Waals surface area contributed by atoms with Crippen molar-refractivity contribution in [2.45, 2.75) is 30.6 Å². The Morgan fingerprint density at radius 2 is 1.93 bits per heavy atom. The van der Waals surface area contributed by atoms with E-state index in [-0.39, 0.29) is 21.7 Å². The van der Waals surface area contributed by atoms with E-state index in [0.717, 1.165) is 12.0 Å². The number of aromatic nitrogens is 1. The van der Waals surface area contributed by atoms with E-state index in [2.05, 4.69) is 4.72 Å². The van der Waals surface area contributed by atoms with Crippen molar-refractivity contribution in [2.75, 3.05) is 11.8 Å². The van der Waals surface area contributed by atoms with Crippen LogP contribution in [-0.2, 0) is 21.2 Å². The van der Waals surface area contributed by atoms with Crippen LogP contribution in [0.3, 0.4) is 0 Å². The van der Waals surface area contributed by atoms with E-state index in [0.29, 0.717) is 16.0 Å². The van der Waals surface area contributed by atoms with Crippen molar-refractivity contribution in [3.05, 3.63) is 71.1 Å². The number of ether oxygens (including phenoxy) is 1. The Hall–Kier alpha value is -3.13. The topological polar surface area (TPSA) is 99.4 Å². The summed E-state index contributed by atoms with van der Waals surface area (Å²) in [5.74, 6) is 0.0597. The van der Waals surface area contributed by atoms with Gasteiger partial charge in [-0.2, -0.15) is 4.73 Å². The summed E-state index contributed by atoms with van der Waals surface area (Å²) in [4.78, 5) is 12.1. The molecule has 1 heterocycles. The standard InChI is InChI=1S/C22H22N2O5S/c1-29-22(25)18-13-17-6-3-11-24(26)21(17)20(14-18)23-30(27,28)19-9-7-16(8-10-19)12-15-4-2-5-15/h3,6-11,13-15,23H,2,4-5,12H2,1H3. The van der Waals surface area contributed by atoms with Crippen LogP contribution >= 0.6 is 0 Å². The number of carbonyl (C=O) groups is 1. The van der Waals surface area contributed by atoms with E-state index in [1.807, 2.05) is 12.1 Å². The lowest BCUT2D eigenvalue weighted by Gasteiger charge is -2.25. The number of fused-ring (bicyclic) bond motifs is 1. The molecule has 1 aliphatic rings. The van der Waals surface area contributed by atoms with Gasteiger partial charge in [0.1, 0.15) is 5.69 Å². The van der Waals surface area contributed by atoms with Gasteiger partial charge < -0.3 is 9.94 Å². The van der Waals surface area contributed by atoms with Gasteiger partial charge in [0.05, 0.1) is 23.0 Å². The van der Waals surface area contributed by atoms with Crippen molar-refractivity contribution in [3.63, 3.8) is 0 Å². The molecule has 156 valence electrons. The fourth-order valence-corrected chi connectivity index (χ4v) is 4.74. The zero-order chi connectivity index (χ0) is 21.3. The number of hydrogen-bond donors (Lipinski definition) is 1. The summed E-state index contributed by atoms with van der Waals surface area (Å²) in [5.41, 5.74) is 1.39. The van der Waals surface area contributed by atoms with Gasteiger partial charge in [-0.1, -0.05) is 31.4 Å². The first-order valence-corrected chi connectivity index (χ1v) is 11.2. The SMILES string of the molecule is COC(=O)c1cc(NS(=O)(=O)c2ccc(CC3CCC3)cc2)c2c(ccc[n+]2[O-])c1. The average molecular weight is 426 g/mol. The smallest absolute Gasteiger partial charge is 0.337 e. The second-order valence-electron chi connectivity index (χ2n) is 7.54. The number of rotatable bonds is 6. The maximum absolute atomic E-state index is 13.0. The minimum atomic E-state index is -3.96. The van der Waals surface area contributed by atoms with E-state index in [4.69, 9.17) is 4.74 Å². The molecule has 2 aromatic carbocycles. The van der Waals surface area contributed by atoms with Crippen LogP contribution in [0, 0.1) is 11.1 Å². The summed E-state index contributed by atoms with van der Waals surface area (Å²) in [6.07, 6.45) is 5.93. The Morgan fingerprint density at radius 1 is 1.20 bits per heavy atom. The molecule has 0 saturated heterocycles. The third-order valence-corrected chi connectivity index (χ3v) is 6.89. The molecule has 8 heteroatoms. The van der Waals surface area contributed by atoms with Gasteiger partial charge >= 0.3 is 5.97 Å². The van der Waals surface area contributed by atoms with Crippen LogP contribution in [-0.4, -0.2) is 21.5 Å². The Morgan fingerprint density at radius 3 is 2.57 bits per heavy atom. The Labute approximate surface area is 174 Å². The highest BCUT2D eigenvalue weighted by molar-refractivity contribution is 7.92. The number of benzene rings is 2. The fraction of sp³-hybridized carbons (Fsp3) is 0.273. The highest BCUT2D eigenvalue weighted by Crippen LogP contribution is 2.30. The highest BCUT2D eigenvalue weighted by Gasteiger charge is 2.22. The zero-order valence-electron chi connectivity index (χ0n) is 16.5. The van der Waals surface area contributed by atoms with Crippen molar-refractivity contribution in [2.24, 2.45) is 5.92 Å². The van der Waals surface area contributed by atoms with Crippen molar-refractivity contribution in [1.82, 2.24) is 0 Å². The minimum Gasteiger partial charge on any atom is -0.618 e. The molecule has 3 aromatic rings. The number of pyridine rings is 1. The molecule has 0 bridgehead atoms. The van der Waals surface area contributed by atoms with Crippen LogP contribution in [0.2, 0.25) is 0 Å². The number of carbonyl (C=O) groups excluding carboxylic acids is 1. The van der Waals surface area contributed by atoms with Crippen LogP contribution in [0.5, 0.6) is 0 Å². The molecular weight excluding hydrogens is 404 g/mol. The molecular formula is C22H22N2O5S. The summed E-state index contributed by atoms with van der Waals surface area (Å²) < 4.78 is 33.7. The van der Waals surface area contributed by atoms with E-state index in [9.17, 15) is 18.4 Å². The van der Waals surface area contributed by atoms with E-state index in [1.54, 1.807) is 18.2 Å². The number of nitrogens with one attached hydrogen (secondary N) is 1. The largest absolute Gasteiger partial charge is 0.618 e. The van der Waals surface area contributed by atoms with Gasteiger partial charge in [0, 0.05) is 6.07 Å². The first-order chi connectivity index (χ1) is 14.4. The molecule has 4 rings (SSSR count). The molecule has 1 N–H and O–H groups in total. The molecule has 1 saturated carbocycles. The number of hydrogen-bond acceptors (Lipinski definition) is 5. The van der Waals surface area contributed by atoms with Crippen molar-refractivity contribution in [3.8, 4) is 0 Å². The molecule has 0 radical (unpaired) electrons. The first kappa shape index (κ1) is 20.2. The van der Waals surface area contributed by atoms with Gasteiger partial charge in [0.15, 0.2) is 6.20 Å². The Balaban J connectivity index is 1.68. The first-order valence-electron chi connectivity index (χ1n) is 9.73. The predicted octanol–water partition coefficient (Wildman–Crippen LogP) is 3.40. The average Bonchev–Trinajstić information content (AvgIpc) is 2.70. The van der Waals surface area contributed by atoms with Gasteiger partial charge in [-0.25, -0.2) is 13.2 Å². The monoisotopic (exact) mass is 426 g/mol. The third-order valence-electron chi connectivity index (χ3n) is 5.51. The van der Waals surface area contributed by atoms with Gasteiger partial charge in [-0.05, 0) is 48.2 Å². The lowest BCUT2D eigenvalue weighted by molar-refractivity contribution is -0.576. The third kappa shape index (κ3) is 3.95. The van der Waals surface area contributed by atoms with E-state index in [1.165, 1.54) is 50.8 Å². The predicted molar refractivity (Wildman–Crippen MR) is 113 cm³/mol. The summed E-state index contributed by atoms with van der Waals surface area (Å²) in [6.45, 7) is 0. The maximum atomic E-state index is 13.0. The normalized spacial score (nSPS) is 14.3. The second-order valence-corrected chi connectivity index (χ2v) is 9.22. The van der Waals surface area contributed by atoms with Gasteiger partial charge in [0.25, 0.3) is 10.0 Å². The molecule has 0 amide bonds. The van der Waals surface area contributed by atoms with Crippen molar-refractivity contribution < 1.29 is 22.7 Å². The minimum absolute atomic E-state index is 0.0158. The quantitative estimate of drug-likeness (QED) is 0.370. The summed E-state index contributed by atoms with van der Waals surface area (Å²) in [5, 5.41) is 12.7. The molecule has 7 nitrogen and oxygen atoms in total. The molecule has 1 aliphatic carbocycles. The Bertz CT molecular complexity index is 1200. The van der Waals surface area contributed by atoms with Crippen LogP contribution in [0.1, 0.15) is 35.2 Å².